The molecular formula is C16H19BrN2O2S. The summed E-state index contributed by atoms with van der Waals surface area (Å²) in [5.41, 5.74) is 6.51. The molecule has 0 fully saturated rings. The SMILES string of the molecule is NCCCN(Cc1ccccc1)S(=O)(=O)c1ccccc1Br. The van der Waals surface area contributed by atoms with Crippen molar-refractivity contribution >= 4 is 26.0 Å². The van der Waals surface area contributed by atoms with E-state index in [0.29, 0.717) is 30.5 Å². The molecule has 0 aliphatic rings. The molecule has 2 aromatic carbocycles. The average Bonchev–Trinajstić information content (AvgIpc) is 2.52. The lowest BCUT2D eigenvalue weighted by Crippen LogP contribution is -2.32. The molecule has 0 aliphatic carbocycles. The summed E-state index contributed by atoms with van der Waals surface area (Å²) in [6.07, 6.45) is 0.622. The quantitative estimate of drug-likeness (QED) is 0.800. The number of halogens is 1. The van der Waals surface area contributed by atoms with E-state index in [-0.39, 0.29) is 4.90 Å². The van der Waals surface area contributed by atoms with E-state index < -0.39 is 10.0 Å². The van der Waals surface area contributed by atoms with Crippen molar-refractivity contribution in [1.82, 2.24) is 4.31 Å². The van der Waals surface area contributed by atoms with Gasteiger partial charge in [0.15, 0.2) is 0 Å². The van der Waals surface area contributed by atoms with E-state index in [2.05, 4.69) is 15.9 Å². The summed E-state index contributed by atoms with van der Waals surface area (Å²) in [6, 6.07) is 16.4. The Balaban J connectivity index is 2.33. The zero-order valence-electron chi connectivity index (χ0n) is 12.2. The number of sulfonamides is 1. The molecule has 0 amide bonds. The maximum atomic E-state index is 12.9. The maximum Gasteiger partial charge on any atom is 0.244 e. The topological polar surface area (TPSA) is 63.4 Å². The second kappa shape index (κ2) is 7.87. The van der Waals surface area contributed by atoms with Gasteiger partial charge in [-0.2, -0.15) is 4.31 Å². The van der Waals surface area contributed by atoms with Gasteiger partial charge in [0.25, 0.3) is 0 Å². The second-order valence-corrected chi connectivity index (χ2v) is 7.66. The van der Waals surface area contributed by atoms with Crippen molar-refractivity contribution in [2.45, 2.75) is 17.9 Å². The smallest absolute Gasteiger partial charge is 0.244 e. The Hall–Kier alpha value is -1.21. The maximum absolute atomic E-state index is 12.9. The summed E-state index contributed by atoms with van der Waals surface area (Å²) in [4.78, 5) is 0.281. The molecule has 0 aromatic heterocycles. The summed E-state index contributed by atoms with van der Waals surface area (Å²) < 4.78 is 27.9. The lowest BCUT2D eigenvalue weighted by molar-refractivity contribution is 0.401. The highest BCUT2D eigenvalue weighted by molar-refractivity contribution is 9.10. The molecule has 118 valence electrons. The number of nitrogens with two attached hydrogens (primary N) is 1. The van der Waals surface area contributed by atoms with Gasteiger partial charge < -0.3 is 5.73 Å². The fourth-order valence-corrected chi connectivity index (χ4v) is 4.56. The normalized spacial score (nSPS) is 11.8. The summed E-state index contributed by atoms with van der Waals surface area (Å²) in [6.45, 7) is 1.19. The largest absolute Gasteiger partial charge is 0.330 e. The molecule has 6 heteroatoms. The predicted molar refractivity (Wildman–Crippen MR) is 91.9 cm³/mol. The van der Waals surface area contributed by atoms with Crippen LogP contribution in [0.2, 0.25) is 0 Å². The highest BCUT2D eigenvalue weighted by Crippen LogP contribution is 2.26. The molecule has 4 nitrogen and oxygen atoms in total. The number of rotatable bonds is 7. The van der Waals surface area contributed by atoms with Crippen LogP contribution in [0.4, 0.5) is 0 Å². The van der Waals surface area contributed by atoms with Crippen LogP contribution in [0.5, 0.6) is 0 Å². The van der Waals surface area contributed by atoms with Crippen LogP contribution < -0.4 is 5.73 Å². The molecular weight excluding hydrogens is 364 g/mol. The van der Waals surface area contributed by atoms with Crippen LogP contribution in [-0.4, -0.2) is 25.8 Å². The van der Waals surface area contributed by atoms with Gasteiger partial charge in [-0.05, 0) is 46.6 Å². The van der Waals surface area contributed by atoms with E-state index in [0.717, 1.165) is 5.56 Å². The first-order chi connectivity index (χ1) is 10.6. The summed E-state index contributed by atoms with van der Waals surface area (Å²) in [5.74, 6) is 0. The zero-order chi connectivity index (χ0) is 16.0. The van der Waals surface area contributed by atoms with Gasteiger partial charge in [0.05, 0.1) is 4.90 Å². The van der Waals surface area contributed by atoms with Gasteiger partial charge in [-0.15, -0.1) is 0 Å². The van der Waals surface area contributed by atoms with Crippen LogP contribution in [0.3, 0.4) is 0 Å². The monoisotopic (exact) mass is 382 g/mol. The van der Waals surface area contributed by atoms with Crippen molar-refractivity contribution in [3.8, 4) is 0 Å². The molecule has 0 heterocycles. The molecule has 0 saturated heterocycles. The average molecular weight is 383 g/mol. The number of hydrogen-bond donors (Lipinski definition) is 1. The van der Waals surface area contributed by atoms with Gasteiger partial charge in [-0.3, -0.25) is 0 Å². The van der Waals surface area contributed by atoms with Gasteiger partial charge in [0.1, 0.15) is 0 Å². The van der Waals surface area contributed by atoms with E-state index in [4.69, 9.17) is 5.73 Å². The first-order valence-electron chi connectivity index (χ1n) is 7.04. The van der Waals surface area contributed by atoms with Crippen molar-refractivity contribution in [2.24, 2.45) is 5.73 Å². The molecule has 2 aromatic rings. The first-order valence-corrected chi connectivity index (χ1v) is 9.27. The van der Waals surface area contributed by atoms with E-state index in [1.165, 1.54) is 4.31 Å². The van der Waals surface area contributed by atoms with Crippen LogP contribution in [0.15, 0.2) is 64.0 Å². The molecule has 2 N–H and O–H groups in total. The molecule has 0 saturated carbocycles. The summed E-state index contributed by atoms with van der Waals surface area (Å²) >= 11 is 3.32. The molecule has 0 aliphatic heterocycles. The Labute approximate surface area is 140 Å². The zero-order valence-corrected chi connectivity index (χ0v) is 14.6. The van der Waals surface area contributed by atoms with E-state index in [1.54, 1.807) is 24.3 Å². The molecule has 0 unspecified atom stereocenters. The minimum Gasteiger partial charge on any atom is -0.330 e. The highest BCUT2D eigenvalue weighted by Gasteiger charge is 2.26. The number of nitrogens with zero attached hydrogens (tertiary/aromatic N) is 1. The number of hydrogen-bond acceptors (Lipinski definition) is 3. The van der Waals surface area contributed by atoms with E-state index >= 15 is 0 Å². The lowest BCUT2D eigenvalue weighted by atomic mass is 10.2. The Kier molecular flexibility index (Phi) is 6.14. The Morgan fingerprint density at radius 3 is 2.27 bits per heavy atom. The van der Waals surface area contributed by atoms with Crippen molar-refractivity contribution in [1.29, 1.82) is 0 Å². The lowest BCUT2D eigenvalue weighted by Gasteiger charge is -2.22. The molecule has 0 radical (unpaired) electrons. The molecule has 2 rings (SSSR count). The third kappa shape index (κ3) is 4.16. The van der Waals surface area contributed by atoms with Crippen LogP contribution in [-0.2, 0) is 16.6 Å². The van der Waals surface area contributed by atoms with Crippen molar-refractivity contribution in [3.63, 3.8) is 0 Å². The van der Waals surface area contributed by atoms with E-state index in [1.807, 2.05) is 30.3 Å². The van der Waals surface area contributed by atoms with Crippen molar-refractivity contribution < 1.29 is 8.42 Å². The van der Waals surface area contributed by atoms with Crippen LogP contribution >= 0.6 is 15.9 Å². The van der Waals surface area contributed by atoms with Crippen molar-refractivity contribution in [3.05, 3.63) is 64.6 Å². The van der Waals surface area contributed by atoms with Gasteiger partial charge in [-0.1, -0.05) is 42.5 Å². The van der Waals surface area contributed by atoms with Crippen LogP contribution in [0, 0.1) is 0 Å². The Bertz CT molecular complexity index is 705. The minimum absolute atomic E-state index is 0.281. The van der Waals surface area contributed by atoms with Gasteiger partial charge in [0.2, 0.25) is 10.0 Å². The third-order valence-electron chi connectivity index (χ3n) is 3.27. The van der Waals surface area contributed by atoms with Crippen LogP contribution in [0.25, 0.3) is 0 Å². The van der Waals surface area contributed by atoms with Crippen molar-refractivity contribution in [2.75, 3.05) is 13.1 Å². The Morgan fingerprint density at radius 1 is 1.00 bits per heavy atom. The molecule has 0 bridgehead atoms. The van der Waals surface area contributed by atoms with E-state index in [9.17, 15) is 8.42 Å². The highest BCUT2D eigenvalue weighted by atomic mass is 79.9. The fourth-order valence-electron chi connectivity index (χ4n) is 2.13. The van der Waals surface area contributed by atoms with Gasteiger partial charge in [-0.25, -0.2) is 8.42 Å². The predicted octanol–water partition coefficient (Wildman–Crippen LogP) is 2.99. The first kappa shape index (κ1) is 17.1. The third-order valence-corrected chi connectivity index (χ3v) is 6.13. The molecule has 0 spiro atoms. The Morgan fingerprint density at radius 2 is 1.64 bits per heavy atom. The summed E-state index contributed by atoms with van der Waals surface area (Å²) in [5, 5.41) is 0. The minimum atomic E-state index is -3.57. The standard InChI is InChI=1S/C16H19BrN2O2S/c17-15-9-4-5-10-16(15)22(20,21)19(12-6-11-18)13-14-7-2-1-3-8-14/h1-5,7-10H,6,11-13,18H2. The number of benzene rings is 2. The van der Waals surface area contributed by atoms with Gasteiger partial charge in [0, 0.05) is 17.6 Å². The molecule has 0 atom stereocenters. The van der Waals surface area contributed by atoms with Gasteiger partial charge >= 0.3 is 0 Å². The fraction of sp³-hybridized carbons (Fsp3) is 0.250. The molecule has 22 heavy (non-hydrogen) atoms. The second-order valence-electron chi connectivity index (χ2n) is 4.90. The van der Waals surface area contributed by atoms with Crippen LogP contribution in [0.1, 0.15) is 12.0 Å². The summed E-state index contributed by atoms with van der Waals surface area (Å²) in [7, 11) is -3.57.